The van der Waals surface area contributed by atoms with Gasteiger partial charge >= 0.3 is 0 Å². The van der Waals surface area contributed by atoms with Crippen molar-refractivity contribution in [1.82, 2.24) is 14.8 Å². The molecule has 26 heavy (non-hydrogen) atoms. The summed E-state index contributed by atoms with van der Waals surface area (Å²) in [4.78, 5) is 4.40. The number of fused-ring (bicyclic) bond motifs is 1. The Morgan fingerprint density at radius 1 is 1.38 bits per heavy atom. The van der Waals surface area contributed by atoms with E-state index in [0.29, 0.717) is 11.5 Å². The molecule has 1 saturated heterocycles. The van der Waals surface area contributed by atoms with Crippen molar-refractivity contribution >= 4 is 16.6 Å². The molecule has 2 atom stereocenters. The molecule has 0 spiro atoms. The highest BCUT2D eigenvalue weighted by molar-refractivity contribution is 5.94. The maximum Gasteiger partial charge on any atom is 0.103 e. The zero-order chi connectivity index (χ0) is 18.1. The van der Waals surface area contributed by atoms with Crippen LogP contribution in [-0.2, 0) is 11.8 Å². The van der Waals surface area contributed by atoms with E-state index in [4.69, 9.17) is 4.74 Å². The lowest BCUT2D eigenvalue weighted by Crippen LogP contribution is -2.18. The van der Waals surface area contributed by atoms with Crippen molar-refractivity contribution in [2.45, 2.75) is 19.4 Å². The fourth-order valence-corrected chi connectivity index (χ4v) is 3.61. The van der Waals surface area contributed by atoms with Crippen LogP contribution in [0.2, 0.25) is 0 Å². The van der Waals surface area contributed by atoms with Crippen LogP contribution in [0.25, 0.3) is 10.9 Å². The van der Waals surface area contributed by atoms with E-state index in [1.54, 1.807) is 10.9 Å². The maximum absolute atomic E-state index is 9.51. The van der Waals surface area contributed by atoms with Gasteiger partial charge in [0.15, 0.2) is 0 Å². The molecule has 0 radical (unpaired) electrons. The molecule has 132 valence electrons. The lowest BCUT2D eigenvalue weighted by atomic mass is 9.97. The molecule has 1 aliphatic heterocycles. The number of rotatable bonds is 4. The van der Waals surface area contributed by atoms with Gasteiger partial charge in [-0.3, -0.25) is 9.67 Å². The summed E-state index contributed by atoms with van der Waals surface area (Å²) in [5.41, 5.74) is 4.57. The van der Waals surface area contributed by atoms with Crippen molar-refractivity contribution in [3.05, 3.63) is 53.5 Å². The Morgan fingerprint density at radius 2 is 2.27 bits per heavy atom. The third kappa shape index (κ3) is 3.02. The first-order valence-electron chi connectivity index (χ1n) is 8.79. The molecule has 3 heterocycles. The van der Waals surface area contributed by atoms with Crippen molar-refractivity contribution in [2.75, 3.05) is 18.5 Å². The lowest BCUT2D eigenvalue weighted by molar-refractivity contribution is 0.0932. The van der Waals surface area contributed by atoms with Gasteiger partial charge in [0.2, 0.25) is 0 Å². The number of aryl methyl sites for hydroxylation is 2. The number of ether oxygens (including phenoxy) is 1. The summed E-state index contributed by atoms with van der Waals surface area (Å²) in [7, 11) is 1.91. The number of hydrogen-bond donors (Lipinski definition) is 1. The molecule has 0 saturated carbocycles. The Morgan fingerprint density at radius 3 is 3.04 bits per heavy atom. The van der Waals surface area contributed by atoms with Crippen LogP contribution in [0.1, 0.15) is 29.2 Å². The van der Waals surface area contributed by atoms with Gasteiger partial charge in [0.05, 0.1) is 29.1 Å². The summed E-state index contributed by atoms with van der Waals surface area (Å²) in [5, 5.41) is 18.3. The van der Waals surface area contributed by atoms with Gasteiger partial charge in [-0.1, -0.05) is 11.6 Å². The Labute approximate surface area is 152 Å². The molecule has 3 aromatic rings. The minimum absolute atomic E-state index is 0.0385. The molecule has 2 aromatic heterocycles. The average molecular weight is 347 g/mol. The van der Waals surface area contributed by atoms with Crippen molar-refractivity contribution < 1.29 is 4.74 Å². The van der Waals surface area contributed by atoms with Gasteiger partial charge in [-0.25, -0.2) is 0 Å². The molecule has 1 fully saturated rings. The predicted molar refractivity (Wildman–Crippen MR) is 99.7 cm³/mol. The van der Waals surface area contributed by atoms with Crippen LogP contribution in [0, 0.1) is 24.2 Å². The van der Waals surface area contributed by atoms with Crippen LogP contribution in [0.5, 0.6) is 0 Å². The summed E-state index contributed by atoms with van der Waals surface area (Å²) in [5.74, 6) is 0.332. The zero-order valence-electron chi connectivity index (χ0n) is 14.9. The van der Waals surface area contributed by atoms with Crippen molar-refractivity contribution in [2.24, 2.45) is 13.0 Å². The molecule has 1 aliphatic rings. The molecule has 0 bridgehead atoms. The maximum atomic E-state index is 9.51. The van der Waals surface area contributed by atoms with Crippen LogP contribution in [0.4, 0.5) is 5.69 Å². The van der Waals surface area contributed by atoms with Crippen LogP contribution in [-0.4, -0.2) is 27.9 Å². The Bertz CT molecular complexity index is 988. The first kappa shape index (κ1) is 16.6. The number of benzene rings is 1. The highest BCUT2D eigenvalue weighted by Crippen LogP contribution is 2.35. The van der Waals surface area contributed by atoms with Crippen LogP contribution in [0.15, 0.2) is 36.8 Å². The van der Waals surface area contributed by atoms with Gasteiger partial charge in [-0.05, 0) is 25.5 Å². The third-order valence-electron chi connectivity index (χ3n) is 4.95. The van der Waals surface area contributed by atoms with Crippen molar-refractivity contribution in [3.8, 4) is 6.07 Å². The predicted octanol–water partition coefficient (Wildman–Crippen LogP) is 3.34. The van der Waals surface area contributed by atoms with E-state index in [9.17, 15) is 5.26 Å². The molecular weight excluding hydrogens is 326 g/mol. The molecule has 0 unspecified atom stereocenters. The SMILES string of the molecule is Cc1ccc2ncc(C#N)c(NC[C@@H]3CCO[C@H]3c3cnn(C)c3)c2c1. The fourth-order valence-electron chi connectivity index (χ4n) is 3.61. The van der Waals surface area contributed by atoms with Gasteiger partial charge < -0.3 is 10.1 Å². The summed E-state index contributed by atoms with van der Waals surface area (Å²) in [6.45, 7) is 3.53. The second kappa shape index (κ2) is 6.77. The standard InChI is InChI=1S/C20H21N5O/c1-13-3-4-18-17(7-13)19(15(8-21)10-22-18)23-9-14-5-6-26-20(14)16-11-24-25(2)12-16/h3-4,7,10-12,14,20H,5-6,9H2,1-2H3,(H,22,23)/t14-,20+/m0/s1. The first-order chi connectivity index (χ1) is 12.7. The fraction of sp³-hybridized carbons (Fsp3) is 0.350. The van der Waals surface area contributed by atoms with Gasteiger partial charge in [0.25, 0.3) is 0 Å². The largest absolute Gasteiger partial charge is 0.383 e. The zero-order valence-corrected chi connectivity index (χ0v) is 14.9. The van der Waals surface area contributed by atoms with Gasteiger partial charge in [-0.2, -0.15) is 10.4 Å². The monoisotopic (exact) mass is 347 g/mol. The Kier molecular flexibility index (Phi) is 4.31. The second-order valence-electron chi connectivity index (χ2n) is 6.85. The topological polar surface area (TPSA) is 75.8 Å². The molecule has 6 nitrogen and oxygen atoms in total. The first-order valence-corrected chi connectivity index (χ1v) is 8.79. The van der Waals surface area contributed by atoms with Crippen molar-refractivity contribution in [1.29, 1.82) is 5.26 Å². The van der Waals surface area contributed by atoms with E-state index in [-0.39, 0.29) is 6.10 Å². The van der Waals surface area contributed by atoms with Gasteiger partial charge in [0.1, 0.15) is 6.07 Å². The smallest absolute Gasteiger partial charge is 0.103 e. The average Bonchev–Trinajstić information content (AvgIpc) is 3.28. The quantitative estimate of drug-likeness (QED) is 0.783. The molecule has 1 aromatic carbocycles. The number of anilines is 1. The molecule has 0 amide bonds. The molecule has 6 heteroatoms. The number of nitrogens with zero attached hydrogens (tertiary/aromatic N) is 4. The molecule has 4 rings (SSSR count). The van der Waals surface area contributed by atoms with Crippen LogP contribution in [0.3, 0.4) is 0 Å². The number of nitriles is 1. The Hall–Kier alpha value is -2.91. The number of pyridine rings is 1. The number of hydrogen-bond acceptors (Lipinski definition) is 5. The van der Waals surface area contributed by atoms with Crippen molar-refractivity contribution in [3.63, 3.8) is 0 Å². The summed E-state index contributed by atoms with van der Waals surface area (Å²) in [6, 6.07) is 8.37. The highest BCUT2D eigenvalue weighted by atomic mass is 16.5. The van der Waals surface area contributed by atoms with Gasteiger partial charge in [-0.15, -0.1) is 0 Å². The Balaban J connectivity index is 1.61. The molecule has 1 N–H and O–H groups in total. The van der Waals surface area contributed by atoms with Crippen LogP contribution < -0.4 is 5.32 Å². The van der Waals surface area contributed by atoms with Gasteiger partial charge in [0, 0.05) is 49.5 Å². The second-order valence-corrected chi connectivity index (χ2v) is 6.85. The minimum atomic E-state index is 0.0385. The number of nitrogens with one attached hydrogen (secondary N) is 1. The minimum Gasteiger partial charge on any atom is -0.383 e. The van der Waals surface area contributed by atoms with E-state index in [1.807, 2.05) is 38.5 Å². The summed E-state index contributed by atoms with van der Waals surface area (Å²) in [6.07, 6.45) is 6.54. The summed E-state index contributed by atoms with van der Waals surface area (Å²) >= 11 is 0. The molecular formula is C20H21N5O. The third-order valence-corrected chi connectivity index (χ3v) is 4.95. The summed E-state index contributed by atoms with van der Waals surface area (Å²) < 4.78 is 7.75. The lowest BCUT2D eigenvalue weighted by Gasteiger charge is -2.19. The van der Waals surface area contributed by atoms with E-state index < -0.39 is 0 Å². The normalized spacial score (nSPS) is 19.6. The van der Waals surface area contributed by atoms with E-state index in [1.165, 1.54) is 0 Å². The van der Waals surface area contributed by atoms with Crippen LogP contribution >= 0.6 is 0 Å². The molecule has 0 aliphatic carbocycles. The van der Waals surface area contributed by atoms with E-state index >= 15 is 0 Å². The highest BCUT2D eigenvalue weighted by Gasteiger charge is 2.30. The van der Waals surface area contributed by atoms with E-state index in [0.717, 1.165) is 47.3 Å². The number of aromatic nitrogens is 3. The van der Waals surface area contributed by atoms with E-state index in [2.05, 4.69) is 27.5 Å².